The molecule has 0 radical (unpaired) electrons. The lowest BCUT2D eigenvalue weighted by Crippen LogP contribution is -2.38. The molecule has 0 bridgehead atoms. The molecule has 1 fully saturated rings. The van der Waals surface area contributed by atoms with Crippen LogP contribution in [0.25, 0.3) is 10.9 Å². The molecule has 1 aromatic heterocycles. The van der Waals surface area contributed by atoms with Gasteiger partial charge in [-0.1, -0.05) is 0 Å². The highest BCUT2D eigenvalue weighted by molar-refractivity contribution is 5.99. The molecule has 2 atom stereocenters. The van der Waals surface area contributed by atoms with E-state index in [9.17, 15) is 9.90 Å². The molecule has 1 aromatic carbocycles. The first-order chi connectivity index (χ1) is 10.5. The third-order valence-electron chi connectivity index (χ3n) is 4.12. The summed E-state index contributed by atoms with van der Waals surface area (Å²) < 4.78 is 0. The number of nitrogen functional groups attached to an aromatic ring is 1. The highest BCUT2D eigenvalue weighted by atomic mass is 16.3. The number of carbonyl (C=O) groups excluding carboxylic acids is 1. The summed E-state index contributed by atoms with van der Waals surface area (Å²) in [5.74, 6) is 0.288. The molecule has 1 aliphatic heterocycles. The van der Waals surface area contributed by atoms with Gasteiger partial charge in [-0.05, 0) is 32.3 Å². The van der Waals surface area contributed by atoms with Crippen molar-refractivity contribution in [2.75, 3.05) is 32.9 Å². The number of anilines is 1. The van der Waals surface area contributed by atoms with Crippen molar-refractivity contribution in [1.82, 2.24) is 19.8 Å². The van der Waals surface area contributed by atoms with Crippen molar-refractivity contribution in [2.45, 2.75) is 12.1 Å². The molecule has 22 heavy (non-hydrogen) atoms. The normalized spacial score (nSPS) is 21.7. The standard InChI is InChI=1S/C15H19N5O2/c1-19(2)12-6-20(7-13(12)21)15(22)9-3-4-10-11(5-9)17-8-18-14(10)16/h3-5,8,12-13,21H,6-7H2,1-2H3,(H2,16,17,18)/t12-,13-/m0/s1. The second kappa shape index (κ2) is 5.51. The highest BCUT2D eigenvalue weighted by Crippen LogP contribution is 2.21. The number of benzene rings is 1. The van der Waals surface area contributed by atoms with Crippen molar-refractivity contribution in [3.63, 3.8) is 0 Å². The van der Waals surface area contributed by atoms with Crippen LogP contribution in [0.4, 0.5) is 5.82 Å². The van der Waals surface area contributed by atoms with Crippen LogP contribution in [-0.4, -0.2) is 70.1 Å². The zero-order valence-corrected chi connectivity index (χ0v) is 12.6. The number of amides is 1. The van der Waals surface area contributed by atoms with Gasteiger partial charge in [-0.2, -0.15) is 0 Å². The first-order valence-corrected chi connectivity index (χ1v) is 7.11. The Kier molecular flexibility index (Phi) is 3.67. The van der Waals surface area contributed by atoms with Gasteiger partial charge in [0.2, 0.25) is 0 Å². The van der Waals surface area contributed by atoms with Crippen molar-refractivity contribution < 1.29 is 9.90 Å². The maximum atomic E-state index is 12.6. The van der Waals surface area contributed by atoms with E-state index in [4.69, 9.17) is 5.73 Å². The summed E-state index contributed by atoms with van der Waals surface area (Å²) in [7, 11) is 3.80. The number of aliphatic hydroxyl groups is 1. The first-order valence-electron chi connectivity index (χ1n) is 7.11. The third kappa shape index (κ3) is 2.49. The molecule has 1 aliphatic rings. The molecule has 7 nitrogen and oxygen atoms in total. The number of nitrogens with zero attached hydrogens (tertiary/aromatic N) is 4. The molecular formula is C15H19N5O2. The number of β-amino-alcohol motifs (C(OH)–C–C–N with tert-alkyl or cyclic N) is 1. The maximum Gasteiger partial charge on any atom is 0.254 e. The molecule has 0 unspecified atom stereocenters. The number of nitrogens with two attached hydrogens (primary N) is 1. The number of hydrogen-bond acceptors (Lipinski definition) is 6. The predicted molar refractivity (Wildman–Crippen MR) is 83.3 cm³/mol. The van der Waals surface area contributed by atoms with Crippen LogP contribution in [0.2, 0.25) is 0 Å². The lowest BCUT2D eigenvalue weighted by Gasteiger charge is -2.21. The van der Waals surface area contributed by atoms with Crippen LogP contribution in [-0.2, 0) is 0 Å². The summed E-state index contributed by atoms with van der Waals surface area (Å²) in [4.78, 5) is 24.3. The number of likely N-dealkylation sites (tertiary alicyclic amines) is 1. The predicted octanol–water partition coefficient (Wildman–Crippen LogP) is -0.0411. The highest BCUT2D eigenvalue weighted by Gasteiger charge is 2.35. The zero-order chi connectivity index (χ0) is 15.9. The number of fused-ring (bicyclic) bond motifs is 1. The van der Waals surface area contributed by atoms with E-state index in [0.717, 1.165) is 5.39 Å². The quantitative estimate of drug-likeness (QED) is 0.808. The summed E-state index contributed by atoms with van der Waals surface area (Å²) in [5, 5.41) is 10.8. The van der Waals surface area contributed by atoms with Gasteiger partial charge in [0, 0.05) is 24.0 Å². The second-order valence-electron chi connectivity index (χ2n) is 5.80. The Morgan fingerprint density at radius 3 is 2.82 bits per heavy atom. The summed E-state index contributed by atoms with van der Waals surface area (Å²) in [6.07, 6.45) is 0.852. The number of likely N-dealkylation sites (N-methyl/N-ethyl adjacent to an activating group) is 1. The lowest BCUT2D eigenvalue weighted by molar-refractivity contribution is 0.0764. The summed E-state index contributed by atoms with van der Waals surface area (Å²) in [6.45, 7) is 0.850. The second-order valence-corrected chi connectivity index (χ2v) is 5.80. The van der Waals surface area contributed by atoms with Gasteiger partial charge in [0.05, 0.1) is 17.7 Å². The number of carbonyl (C=O) groups is 1. The number of hydrogen-bond donors (Lipinski definition) is 2. The molecule has 0 saturated carbocycles. The smallest absolute Gasteiger partial charge is 0.254 e. The van der Waals surface area contributed by atoms with Crippen molar-refractivity contribution in [3.8, 4) is 0 Å². The van der Waals surface area contributed by atoms with Gasteiger partial charge in [0.15, 0.2) is 0 Å². The van der Waals surface area contributed by atoms with E-state index in [0.29, 0.717) is 30.0 Å². The monoisotopic (exact) mass is 301 g/mol. The average molecular weight is 301 g/mol. The molecular weight excluding hydrogens is 282 g/mol. The molecule has 1 saturated heterocycles. The lowest BCUT2D eigenvalue weighted by atomic mass is 10.1. The minimum absolute atomic E-state index is 0.0395. The van der Waals surface area contributed by atoms with Crippen molar-refractivity contribution in [1.29, 1.82) is 0 Å². The molecule has 7 heteroatoms. The van der Waals surface area contributed by atoms with E-state index >= 15 is 0 Å². The Bertz CT molecular complexity index is 718. The van der Waals surface area contributed by atoms with Crippen molar-refractivity contribution in [2.24, 2.45) is 0 Å². The largest absolute Gasteiger partial charge is 0.390 e. The van der Waals surface area contributed by atoms with Gasteiger partial charge >= 0.3 is 0 Å². The van der Waals surface area contributed by atoms with Crippen LogP contribution < -0.4 is 5.73 Å². The van der Waals surface area contributed by atoms with Gasteiger partial charge in [0.1, 0.15) is 12.1 Å². The Hall–Kier alpha value is -2.25. The van der Waals surface area contributed by atoms with E-state index in [1.165, 1.54) is 6.33 Å². The fourth-order valence-electron chi connectivity index (χ4n) is 2.84. The summed E-state index contributed by atoms with van der Waals surface area (Å²) in [6, 6.07) is 5.15. The maximum absolute atomic E-state index is 12.6. The minimum Gasteiger partial charge on any atom is -0.390 e. The number of aliphatic hydroxyl groups excluding tert-OH is 1. The van der Waals surface area contributed by atoms with Crippen LogP contribution >= 0.6 is 0 Å². The van der Waals surface area contributed by atoms with Crippen LogP contribution in [0, 0.1) is 0 Å². The van der Waals surface area contributed by atoms with Gasteiger partial charge in [-0.25, -0.2) is 9.97 Å². The molecule has 3 rings (SSSR count). The van der Waals surface area contributed by atoms with Crippen LogP contribution in [0.1, 0.15) is 10.4 Å². The zero-order valence-electron chi connectivity index (χ0n) is 12.6. The third-order valence-corrected chi connectivity index (χ3v) is 4.12. The topological polar surface area (TPSA) is 95.6 Å². The Labute approximate surface area is 128 Å². The van der Waals surface area contributed by atoms with Gasteiger partial charge < -0.3 is 20.6 Å². The first kappa shape index (κ1) is 14.7. The number of rotatable bonds is 2. The average Bonchev–Trinajstić information content (AvgIpc) is 2.88. The van der Waals surface area contributed by atoms with E-state index in [1.807, 2.05) is 19.0 Å². The Morgan fingerprint density at radius 2 is 2.14 bits per heavy atom. The van der Waals surface area contributed by atoms with Crippen LogP contribution in [0.15, 0.2) is 24.5 Å². The molecule has 3 N–H and O–H groups in total. The Morgan fingerprint density at radius 1 is 1.36 bits per heavy atom. The van der Waals surface area contributed by atoms with E-state index in [1.54, 1.807) is 23.1 Å². The van der Waals surface area contributed by atoms with E-state index in [-0.39, 0.29) is 11.9 Å². The fourth-order valence-corrected chi connectivity index (χ4v) is 2.84. The summed E-state index contributed by atoms with van der Waals surface area (Å²) >= 11 is 0. The fraction of sp³-hybridized carbons (Fsp3) is 0.400. The van der Waals surface area contributed by atoms with Crippen molar-refractivity contribution in [3.05, 3.63) is 30.1 Å². The van der Waals surface area contributed by atoms with Crippen LogP contribution in [0.5, 0.6) is 0 Å². The van der Waals surface area contributed by atoms with Gasteiger partial charge in [-0.15, -0.1) is 0 Å². The van der Waals surface area contributed by atoms with E-state index < -0.39 is 6.10 Å². The Balaban J connectivity index is 1.87. The van der Waals surface area contributed by atoms with Crippen LogP contribution in [0.3, 0.4) is 0 Å². The van der Waals surface area contributed by atoms with Crippen molar-refractivity contribution >= 4 is 22.6 Å². The molecule has 2 aromatic rings. The minimum atomic E-state index is -0.530. The molecule has 0 spiro atoms. The SMILES string of the molecule is CN(C)[C@H]1CN(C(=O)c2ccc3c(N)ncnc3c2)C[C@@H]1O. The summed E-state index contributed by atoms with van der Waals surface area (Å²) in [5.41, 5.74) is 6.97. The molecule has 2 heterocycles. The molecule has 1 amide bonds. The molecule has 116 valence electrons. The number of aromatic nitrogens is 2. The van der Waals surface area contributed by atoms with Gasteiger partial charge in [0.25, 0.3) is 5.91 Å². The molecule has 0 aliphatic carbocycles. The van der Waals surface area contributed by atoms with E-state index in [2.05, 4.69) is 9.97 Å². The van der Waals surface area contributed by atoms with Gasteiger partial charge in [-0.3, -0.25) is 4.79 Å².